The lowest BCUT2D eigenvalue weighted by atomic mass is 9.83. The highest BCUT2D eigenvalue weighted by Crippen LogP contribution is 2.32. The Morgan fingerprint density at radius 3 is 2.90 bits per heavy atom. The molecule has 6 heteroatoms. The SMILES string of the molecule is Cc1cc(NCC2(C)CCCNC2)c(Br)cc1[N+](=O)[O-]. The second-order valence-electron chi connectivity index (χ2n) is 5.82. The zero-order chi connectivity index (χ0) is 14.8. The summed E-state index contributed by atoms with van der Waals surface area (Å²) < 4.78 is 0.738. The lowest BCUT2D eigenvalue weighted by molar-refractivity contribution is -0.385. The number of nitro groups is 1. The van der Waals surface area contributed by atoms with Gasteiger partial charge in [0.25, 0.3) is 5.69 Å². The molecule has 0 spiro atoms. The molecular weight excluding hydrogens is 322 g/mol. The molecule has 1 unspecified atom stereocenters. The van der Waals surface area contributed by atoms with Gasteiger partial charge in [0, 0.05) is 34.9 Å². The highest BCUT2D eigenvalue weighted by molar-refractivity contribution is 9.10. The Morgan fingerprint density at radius 2 is 2.30 bits per heavy atom. The standard InChI is InChI=1S/C14H20BrN3O2/c1-10-6-12(11(15)7-13(10)18(19)20)17-9-14(2)4-3-5-16-8-14/h6-7,16-17H,3-5,8-9H2,1-2H3. The van der Waals surface area contributed by atoms with Crippen molar-refractivity contribution >= 4 is 27.3 Å². The third kappa shape index (κ3) is 3.49. The summed E-state index contributed by atoms with van der Waals surface area (Å²) >= 11 is 3.41. The van der Waals surface area contributed by atoms with Gasteiger partial charge in [0.15, 0.2) is 0 Å². The van der Waals surface area contributed by atoms with Gasteiger partial charge in [-0.1, -0.05) is 6.92 Å². The molecule has 110 valence electrons. The normalized spacial score (nSPS) is 22.6. The highest BCUT2D eigenvalue weighted by Gasteiger charge is 2.26. The van der Waals surface area contributed by atoms with Crippen molar-refractivity contribution in [2.24, 2.45) is 5.41 Å². The molecule has 0 bridgehead atoms. The molecule has 0 saturated carbocycles. The van der Waals surface area contributed by atoms with Crippen LogP contribution in [0, 0.1) is 22.5 Å². The fourth-order valence-corrected chi connectivity index (χ4v) is 3.05. The zero-order valence-corrected chi connectivity index (χ0v) is 13.4. The van der Waals surface area contributed by atoms with Gasteiger partial charge in [-0.2, -0.15) is 0 Å². The summed E-state index contributed by atoms with van der Waals surface area (Å²) in [5, 5.41) is 17.7. The van der Waals surface area contributed by atoms with Crippen LogP contribution in [0.25, 0.3) is 0 Å². The van der Waals surface area contributed by atoms with E-state index >= 15 is 0 Å². The first-order valence-electron chi connectivity index (χ1n) is 6.80. The smallest absolute Gasteiger partial charge is 0.273 e. The first-order chi connectivity index (χ1) is 9.41. The molecule has 1 saturated heterocycles. The maximum absolute atomic E-state index is 10.9. The number of nitrogens with zero attached hydrogens (tertiary/aromatic N) is 1. The number of aryl methyl sites for hydroxylation is 1. The van der Waals surface area contributed by atoms with E-state index in [0.717, 1.165) is 29.8 Å². The van der Waals surface area contributed by atoms with Gasteiger partial charge in [-0.3, -0.25) is 10.1 Å². The molecule has 20 heavy (non-hydrogen) atoms. The molecule has 2 N–H and O–H groups in total. The van der Waals surface area contributed by atoms with Gasteiger partial charge in [-0.25, -0.2) is 0 Å². The van der Waals surface area contributed by atoms with Crippen LogP contribution in [-0.2, 0) is 0 Å². The summed E-state index contributed by atoms with van der Waals surface area (Å²) in [5.41, 5.74) is 1.97. The van der Waals surface area contributed by atoms with E-state index in [1.807, 2.05) is 6.07 Å². The monoisotopic (exact) mass is 341 g/mol. The summed E-state index contributed by atoms with van der Waals surface area (Å²) in [6.07, 6.45) is 2.38. The van der Waals surface area contributed by atoms with E-state index in [9.17, 15) is 10.1 Å². The first kappa shape index (κ1) is 15.3. The minimum absolute atomic E-state index is 0.146. The minimum atomic E-state index is -0.351. The van der Waals surface area contributed by atoms with Gasteiger partial charge in [-0.15, -0.1) is 0 Å². The van der Waals surface area contributed by atoms with Crippen LogP contribution in [0.4, 0.5) is 11.4 Å². The van der Waals surface area contributed by atoms with E-state index in [1.54, 1.807) is 13.0 Å². The summed E-state index contributed by atoms with van der Waals surface area (Å²) in [7, 11) is 0. The van der Waals surface area contributed by atoms with Crippen molar-refractivity contribution in [3.8, 4) is 0 Å². The van der Waals surface area contributed by atoms with Gasteiger partial charge < -0.3 is 10.6 Å². The molecule has 1 fully saturated rings. The Hall–Kier alpha value is -1.14. The van der Waals surface area contributed by atoms with Crippen LogP contribution in [0.5, 0.6) is 0 Å². The van der Waals surface area contributed by atoms with Crippen molar-refractivity contribution in [3.05, 3.63) is 32.3 Å². The Morgan fingerprint density at radius 1 is 1.55 bits per heavy atom. The molecule has 5 nitrogen and oxygen atoms in total. The maximum Gasteiger partial charge on any atom is 0.273 e. The number of rotatable bonds is 4. The largest absolute Gasteiger partial charge is 0.384 e. The molecule has 0 radical (unpaired) electrons. The van der Waals surface area contributed by atoms with Gasteiger partial charge in [0.1, 0.15) is 0 Å². The topological polar surface area (TPSA) is 67.2 Å². The molecule has 1 aliphatic rings. The van der Waals surface area contributed by atoms with Crippen LogP contribution in [-0.4, -0.2) is 24.6 Å². The fraction of sp³-hybridized carbons (Fsp3) is 0.571. The second kappa shape index (κ2) is 6.10. The van der Waals surface area contributed by atoms with E-state index in [1.165, 1.54) is 12.8 Å². The minimum Gasteiger partial charge on any atom is -0.384 e. The van der Waals surface area contributed by atoms with Crippen molar-refractivity contribution < 1.29 is 4.92 Å². The molecule has 0 aromatic heterocycles. The Balaban J connectivity index is 2.10. The van der Waals surface area contributed by atoms with Crippen molar-refractivity contribution in [2.75, 3.05) is 25.0 Å². The zero-order valence-electron chi connectivity index (χ0n) is 11.8. The van der Waals surface area contributed by atoms with Gasteiger partial charge in [-0.05, 0) is 53.7 Å². The quantitative estimate of drug-likeness (QED) is 0.650. The van der Waals surface area contributed by atoms with Crippen molar-refractivity contribution in [3.63, 3.8) is 0 Å². The van der Waals surface area contributed by atoms with Crippen LogP contribution in [0.1, 0.15) is 25.3 Å². The molecule has 1 atom stereocenters. The van der Waals surface area contributed by atoms with Crippen LogP contribution in [0.2, 0.25) is 0 Å². The molecule has 1 heterocycles. The lowest BCUT2D eigenvalue weighted by Gasteiger charge is -2.34. The second-order valence-corrected chi connectivity index (χ2v) is 6.67. The Bertz CT molecular complexity index is 513. The first-order valence-corrected chi connectivity index (χ1v) is 7.60. The van der Waals surface area contributed by atoms with Crippen molar-refractivity contribution in [1.82, 2.24) is 5.32 Å². The fourth-order valence-electron chi connectivity index (χ4n) is 2.58. The van der Waals surface area contributed by atoms with E-state index < -0.39 is 0 Å². The summed E-state index contributed by atoms with van der Waals surface area (Å²) in [4.78, 5) is 10.5. The summed E-state index contributed by atoms with van der Waals surface area (Å²) in [6, 6.07) is 3.40. The summed E-state index contributed by atoms with van der Waals surface area (Å²) in [5.74, 6) is 0. The van der Waals surface area contributed by atoms with Crippen molar-refractivity contribution in [1.29, 1.82) is 0 Å². The summed E-state index contributed by atoms with van der Waals surface area (Å²) in [6.45, 7) is 6.98. The van der Waals surface area contributed by atoms with Crippen LogP contribution >= 0.6 is 15.9 Å². The molecule has 1 aromatic rings. The maximum atomic E-state index is 10.9. The number of hydrogen-bond donors (Lipinski definition) is 2. The van der Waals surface area contributed by atoms with Crippen LogP contribution < -0.4 is 10.6 Å². The molecule has 0 amide bonds. The van der Waals surface area contributed by atoms with E-state index in [0.29, 0.717) is 5.56 Å². The van der Waals surface area contributed by atoms with Crippen LogP contribution in [0.15, 0.2) is 16.6 Å². The van der Waals surface area contributed by atoms with Gasteiger partial charge >= 0.3 is 0 Å². The average molecular weight is 342 g/mol. The molecular formula is C14H20BrN3O2. The lowest BCUT2D eigenvalue weighted by Crippen LogP contribution is -2.42. The predicted octanol–water partition coefficient (Wildman–Crippen LogP) is 3.47. The average Bonchev–Trinajstić information content (AvgIpc) is 2.40. The molecule has 1 aromatic carbocycles. The number of halogens is 1. The predicted molar refractivity (Wildman–Crippen MR) is 84.2 cm³/mol. The molecule has 2 rings (SSSR count). The van der Waals surface area contributed by atoms with Gasteiger partial charge in [0.2, 0.25) is 0 Å². The van der Waals surface area contributed by atoms with E-state index in [-0.39, 0.29) is 16.0 Å². The Kier molecular flexibility index (Phi) is 4.65. The van der Waals surface area contributed by atoms with Crippen molar-refractivity contribution in [2.45, 2.75) is 26.7 Å². The van der Waals surface area contributed by atoms with E-state index in [2.05, 4.69) is 33.5 Å². The Labute approximate surface area is 127 Å². The number of anilines is 1. The van der Waals surface area contributed by atoms with E-state index in [4.69, 9.17) is 0 Å². The third-order valence-electron chi connectivity index (χ3n) is 3.87. The molecule has 0 aliphatic carbocycles. The molecule has 1 aliphatic heterocycles. The third-order valence-corrected chi connectivity index (χ3v) is 4.53. The van der Waals surface area contributed by atoms with Crippen LogP contribution in [0.3, 0.4) is 0 Å². The number of hydrogen-bond acceptors (Lipinski definition) is 4. The number of benzene rings is 1. The number of piperidine rings is 1. The number of nitrogens with one attached hydrogen (secondary N) is 2. The number of nitro benzene ring substituents is 1. The van der Waals surface area contributed by atoms with Gasteiger partial charge in [0.05, 0.1) is 4.92 Å². The highest BCUT2D eigenvalue weighted by atomic mass is 79.9.